The second kappa shape index (κ2) is 11.7. The predicted octanol–water partition coefficient (Wildman–Crippen LogP) is 5.23. The summed E-state index contributed by atoms with van der Waals surface area (Å²) in [6.07, 6.45) is 4.17. The maximum absolute atomic E-state index is 13.3. The van der Waals surface area contributed by atoms with Crippen molar-refractivity contribution < 1.29 is 19.1 Å². The zero-order valence-corrected chi connectivity index (χ0v) is 21.6. The number of hydrogen-bond donors (Lipinski definition) is 1. The number of aliphatic imine (C=N–C) groups is 1. The quantitative estimate of drug-likeness (QED) is 0.386. The molecule has 0 spiro atoms. The molecule has 1 heterocycles. The number of anilines is 1. The molecule has 37 heavy (non-hydrogen) atoms. The summed E-state index contributed by atoms with van der Waals surface area (Å²) in [6.45, 7) is 2.76. The van der Waals surface area contributed by atoms with E-state index in [1.165, 1.54) is 0 Å². The topological polar surface area (TPSA) is 94.2 Å². The summed E-state index contributed by atoms with van der Waals surface area (Å²) in [4.78, 5) is 31.8. The van der Waals surface area contributed by atoms with Crippen LogP contribution in [-0.4, -0.2) is 44.8 Å². The van der Waals surface area contributed by atoms with E-state index < -0.39 is 5.91 Å². The molecule has 0 fully saturated rings. The SMILES string of the molecule is CCCCCCN1C(=O)CN=C(c2cccc(C(N)=O)c2)c2cc(-c3ccccc3OC)c(OC)cc21. The molecule has 2 N–H and O–H groups in total. The number of hydrogen-bond acceptors (Lipinski definition) is 5. The van der Waals surface area contributed by atoms with Gasteiger partial charge in [-0.25, -0.2) is 0 Å². The van der Waals surface area contributed by atoms with E-state index >= 15 is 0 Å². The summed E-state index contributed by atoms with van der Waals surface area (Å²) in [5, 5.41) is 0. The van der Waals surface area contributed by atoms with Crippen LogP contribution in [0.25, 0.3) is 11.1 Å². The summed E-state index contributed by atoms with van der Waals surface area (Å²) in [7, 11) is 3.25. The van der Waals surface area contributed by atoms with E-state index in [9.17, 15) is 9.59 Å². The molecule has 0 aliphatic carbocycles. The Hall–Kier alpha value is -4.13. The molecular weight excluding hydrogens is 466 g/mol. The van der Waals surface area contributed by atoms with Crippen LogP contribution in [-0.2, 0) is 4.79 Å². The number of ether oxygens (including phenoxy) is 2. The van der Waals surface area contributed by atoms with Gasteiger partial charge < -0.3 is 20.1 Å². The number of amides is 2. The fourth-order valence-corrected chi connectivity index (χ4v) is 4.69. The normalized spacial score (nSPS) is 13.0. The average Bonchev–Trinajstić information content (AvgIpc) is 3.06. The first kappa shape index (κ1) is 25.9. The highest BCUT2D eigenvalue weighted by atomic mass is 16.5. The molecule has 4 rings (SSSR count). The summed E-state index contributed by atoms with van der Waals surface area (Å²) in [5.74, 6) is 0.734. The van der Waals surface area contributed by atoms with Crippen LogP contribution in [0.2, 0.25) is 0 Å². The van der Waals surface area contributed by atoms with Crippen molar-refractivity contribution in [3.05, 3.63) is 77.4 Å². The Morgan fingerprint density at radius 3 is 2.43 bits per heavy atom. The van der Waals surface area contributed by atoms with Crippen molar-refractivity contribution >= 4 is 23.2 Å². The first-order valence-electron chi connectivity index (χ1n) is 12.6. The Balaban J connectivity index is 1.93. The van der Waals surface area contributed by atoms with Crippen LogP contribution in [0.1, 0.15) is 54.1 Å². The lowest BCUT2D eigenvalue weighted by Gasteiger charge is -2.25. The minimum atomic E-state index is -0.519. The third kappa shape index (κ3) is 5.50. The lowest BCUT2D eigenvalue weighted by Crippen LogP contribution is -2.33. The van der Waals surface area contributed by atoms with Gasteiger partial charge in [0, 0.05) is 40.4 Å². The number of carbonyl (C=O) groups is 2. The van der Waals surface area contributed by atoms with Gasteiger partial charge in [-0.05, 0) is 30.7 Å². The van der Waals surface area contributed by atoms with Gasteiger partial charge in [-0.2, -0.15) is 0 Å². The Kier molecular flexibility index (Phi) is 8.23. The molecule has 7 nitrogen and oxygen atoms in total. The van der Waals surface area contributed by atoms with E-state index in [0.717, 1.165) is 48.1 Å². The summed E-state index contributed by atoms with van der Waals surface area (Å²) < 4.78 is 11.5. The van der Waals surface area contributed by atoms with Gasteiger partial charge in [-0.3, -0.25) is 14.6 Å². The molecule has 192 valence electrons. The van der Waals surface area contributed by atoms with Crippen molar-refractivity contribution in [1.82, 2.24) is 0 Å². The molecule has 0 radical (unpaired) electrons. The van der Waals surface area contributed by atoms with Crippen LogP contribution < -0.4 is 20.1 Å². The number of fused-ring (bicyclic) bond motifs is 1. The second-order valence-electron chi connectivity index (χ2n) is 8.99. The molecule has 0 bridgehead atoms. The molecule has 1 aliphatic rings. The van der Waals surface area contributed by atoms with E-state index in [4.69, 9.17) is 20.2 Å². The van der Waals surface area contributed by atoms with Gasteiger partial charge in [0.15, 0.2) is 0 Å². The number of methoxy groups -OCH3 is 2. The molecule has 7 heteroatoms. The summed E-state index contributed by atoms with van der Waals surface area (Å²) in [5.41, 5.74) is 10.5. The maximum atomic E-state index is 13.3. The third-order valence-electron chi connectivity index (χ3n) is 6.59. The van der Waals surface area contributed by atoms with Crippen molar-refractivity contribution in [3.63, 3.8) is 0 Å². The van der Waals surface area contributed by atoms with Gasteiger partial charge in [-0.15, -0.1) is 0 Å². The predicted molar refractivity (Wildman–Crippen MR) is 147 cm³/mol. The third-order valence-corrected chi connectivity index (χ3v) is 6.59. The van der Waals surface area contributed by atoms with Crippen molar-refractivity contribution in [2.45, 2.75) is 32.6 Å². The highest BCUT2D eigenvalue weighted by Gasteiger charge is 2.28. The van der Waals surface area contributed by atoms with Crippen LogP contribution in [0.15, 0.2) is 65.7 Å². The molecule has 0 atom stereocenters. The minimum Gasteiger partial charge on any atom is -0.496 e. The molecule has 2 amide bonds. The van der Waals surface area contributed by atoms with Gasteiger partial charge in [0.2, 0.25) is 11.8 Å². The van der Waals surface area contributed by atoms with Crippen LogP contribution >= 0.6 is 0 Å². The second-order valence-corrected chi connectivity index (χ2v) is 8.99. The minimum absolute atomic E-state index is 0.00486. The van der Waals surface area contributed by atoms with Gasteiger partial charge in [-0.1, -0.05) is 56.5 Å². The standard InChI is InChI=1S/C30H33N3O4/c1-4-5-6-9-15-33-25-18-27(37-3)23(22-13-7-8-14-26(22)36-2)17-24(25)29(32-19-28(33)34)20-11-10-12-21(16-20)30(31)35/h7-8,10-14,16-18H,4-6,9,15,19H2,1-3H3,(H2,31,35). The fourth-order valence-electron chi connectivity index (χ4n) is 4.69. The van der Waals surface area contributed by atoms with Gasteiger partial charge >= 0.3 is 0 Å². The van der Waals surface area contributed by atoms with E-state index in [-0.39, 0.29) is 12.5 Å². The number of para-hydroxylation sites is 1. The molecule has 3 aromatic carbocycles. The van der Waals surface area contributed by atoms with E-state index in [1.54, 1.807) is 32.4 Å². The lowest BCUT2D eigenvalue weighted by atomic mass is 9.93. The number of nitrogens with two attached hydrogens (primary N) is 1. The number of unbranched alkanes of at least 4 members (excludes halogenated alkanes) is 3. The Bertz CT molecular complexity index is 1330. The molecule has 1 aliphatic heterocycles. The smallest absolute Gasteiger partial charge is 0.248 e. The zero-order valence-electron chi connectivity index (χ0n) is 21.6. The largest absolute Gasteiger partial charge is 0.496 e. The highest BCUT2D eigenvalue weighted by molar-refractivity contribution is 6.20. The molecule has 0 aromatic heterocycles. The Labute approximate surface area is 217 Å². The number of benzodiazepines with no additional fused rings is 1. The van der Waals surface area contributed by atoms with Crippen molar-refractivity contribution in [2.75, 3.05) is 32.2 Å². The first-order valence-corrected chi connectivity index (χ1v) is 12.6. The Morgan fingerprint density at radius 2 is 1.70 bits per heavy atom. The molecule has 0 saturated heterocycles. The van der Waals surface area contributed by atoms with Crippen LogP contribution in [0.4, 0.5) is 5.69 Å². The lowest BCUT2D eigenvalue weighted by molar-refractivity contribution is -0.117. The number of primary amides is 1. The Morgan fingerprint density at radius 1 is 0.919 bits per heavy atom. The monoisotopic (exact) mass is 499 g/mol. The van der Waals surface area contributed by atoms with Crippen LogP contribution in [0.3, 0.4) is 0 Å². The van der Waals surface area contributed by atoms with Crippen molar-refractivity contribution in [3.8, 4) is 22.6 Å². The molecule has 0 unspecified atom stereocenters. The van der Waals surface area contributed by atoms with Crippen molar-refractivity contribution in [2.24, 2.45) is 10.7 Å². The molecule has 0 saturated carbocycles. The number of carbonyl (C=O) groups excluding carboxylic acids is 2. The number of nitrogens with zero attached hydrogens (tertiary/aromatic N) is 2. The number of benzene rings is 3. The average molecular weight is 500 g/mol. The highest BCUT2D eigenvalue weighted by Crippen LogP contribution is 2.42. The fraction of sp³-hybridized carbons (Fsp3) is 0.300. The number of rotatable bonds is 10. The maximum Gasteiger partial charge on any atom is 0.248 e. The summed E-state index contributed by atoms with van der Waals surface area (Å²) >= 11 is 0. The van der Waals surface area contributed by atoms with E-state index in [0.29, 0.717) is 34.9 Å². The van der Waals surface area contributed by atoms with E-state index in [1.807, 2.05) is 47.4 Å². The van der Waals surface area contributed by atoms with Gasteiger partial charge in [0.1, 0.15) is 18.0 Å². The first-order chi connectivity index (χ1) is 18.0. The van der Waals surface area contributed by atoms with Crippen LogP contribution in [0.5, 0.6) is 11.5 Å². The molecule has 3 aromatic rings. The van der Waals surface area contributed by atoms with E-state index in [2.05, 4.69) is 6.92 Å². The summed E-state index contributed by atoms with van der Waals surface area (Å²) in [6, 6.07) is 18.7. The molecular formula is C30H33N3O4. The van der Waals surface area contributed by atoms with Crippen LogP contribution in [0, 0.1) is 0 Å². The van der Waals surface area contributed by atoms with Crippen molar-refractivity contribution in [1.29, 1.82) is 0 Å². The zero-order chi connectivity index (χ0) is 26.4. The van der Waals surface area contributed by atoms with Gasteiger partial charge in [0.25, 0.3) is 0 Å². The van der Waals surface area contributed by atoms with Gasteiger partial charge in [0.05, 0.1) is 25.6 Å².